The Bertz CT molecular complexity index is 1570. The zero-order valence-corrected chi connectivity index (χ0v) is 35.0. The lowest BCUT2D eigenvalue weighted by atomic mass is 9.34. The topological polar surface area (TPSA) is 128 Å². The van der Waals surface area contributed by atoms with Crippen LogP contribution in [0.5, 0.6) is 0 Å². The molecule has 1 saturated heterocycles. The van der Waals surface area contributed by atoms with Crippen molar-refractivity contribution >= 4 is 11.9 Å². The first-order valence-corrected chi connectivity index (χ1v) is 20.8. The van der Waals surface area contributed by atoms with Gasteiger partial charge in [-0.25, -0.2) is 9.67 Å². The first-order valence-electron chi connectivity index (χ1n) is 20.8. The van der Waals surface area contributed by atoms with Crippen molar-refractivity contribution in [1.82, 2.24) is 25.4 Å². The maximum Gasteiger partial charge on any atom is 0.307 e. The molecular weight excluding hydrogens is 667 g/mol. The molecule has 1 aliphatic heterocycles. The molecule has 298 valence electrons. The molecule has 1 aromatic rings. The Kier molecular flexibility index (Phi) is 10.7. The molecule has 12 atom stereocenters. The van der Waals surface area contributed by atoms with Crippen LogP contribution in [0.25, 0.3) is 0 Å². The smallest absolute Gasteiger partial charge is 0.307 e. The van der Waals surface area contributed by atoms with E-state index in [9.17, 15) is 14.7 Å². The summed E-state index contributed by atoms with van der Waals surface area (Å²) in [4.78, 5) is 31.3. The van der Waals surface area contributed by atoms with Crippen LogP contribution in [-0.2, 0) is 14.3 Å². The number of amides is 1. The molecule has 4 fully saturated rings. The molecule has 2 bridgehead atoms. The molecule has 1 amide bonds. The molecule has 10 heteroatoms. The Balaban J connectivity index is 1.46. The molecule has 0 unspecified atom stereocenters. The highest BCUT2D eigenvalue weighted by atomic mass is 16.5. The lowest BCUT2D eigenvalue weighted by molar-refractivity contribution is -0.253. The van der Waals surface area contributed by atoms with Crippen molar-refractivity contribution in [2.24, 2.45) is 62.6 Å². The minimum Gasteiger partial charge on any atom is -0.481 e. The van der Waals surface area contributed by atoms with Crippen LogP contribution in [0.2, 0.25) is 0 Å². The quantitative estimate of drug-likeness (QED) is 0.188. The van der Waals surface area contributed by atoms with Gasteiger partial charge in [-0.1, -0.05) is 80.9 Å². The van der Waals surface area contributed by atoms with E-state index < -0.39 is 17.3 Å². The highest BCUT2D eigenvalue weighted by Crippen LogP contribution is 2.75. The lowest BCUT2D eigenvalue weighted by Gasteiger charge is -2.71. The first kappa shape index (κ1) is 40.4. The molecule has 6 rings (SSSR count). The van der Waals surface area contributed by atoms with E-state index in [1.807, 2.05) is 4.68 Å². The van der Waals surface area contributed by atoms with Gasteiger partial charge in [-0.05, 0) is 104 Å². The van der Waals surface area contributed by atoms with Gasteiger partial charge in [-0.15, -0.1) is 0 Å². The van der Waals surface area contributed by atoms with Gasteiger partial charge in [-0.2, -0.15) is 5.10 Å². The minimum atomic E-state index is -0.641. The summed E-state index contributed by atoms with van der Waals surface area (Å²) in [7, 11) is 1.64. The van der Waals surface area contributed by atoms with Crippen molar-refractivity contribution in [3.8, 4) is 0 Å². The number of aromatic nitrogens is 3. The van der Waals surface area contributed by atoms with Gasteiger partial charge in [0, 0.05) is 23.4 Å². The van der Waals surface area contributed by atoms with Crippen LogP contribution in [0.1, 0.15) is 138 Å². The summed E-state index contributed by atoms with van der Waals surface area (Å²) in [5.41, 5.74) is -0.284. The number of hydrogen-bond acceptors (Lipinski definition) is 7. The van der Waals surface area contributed by atoms with Crippen molar-refractivity contribution in [2.75, 3.05) is 33.4 Å². The third kappa shape index (κ3) is 5.88. The number of carbonyl (C=O) groups is 2. The summed E-state index contributed by atoms with van der Waals surface area (Å²) < 4.78 is 15.9. The number of carboxylic acid groups (broad SMARTS) is 1. The number of hydrogen-bond donors (Lipinski definition) is 3. The van der Waals surface area contributed by atoms with Crippen LogP contribution in [-0.4, -0.2) is 76.8 Å². The van der Waals surface area contributed by atoms with Crippen LogP contribution in [0, 0.1) is 62.6 Å². The summed E-state index contributed by atoms with van der Waals surface area (Å²) in [6.45, 7) is 27.7. The molecular formula is C43H71N5O5. The fraction of sp³-hybridized carbons (Fsp3) is 0.860. The van der Waals surface area contributed by atoms with Gasteiger partial charge < -0.3 is 25.2 Å². The monoisotopic (exact) mass is 738 g/mol. The summed E-state index contributed by atoms with van der Waals surface area (Å²) >= 11 is 0. The second kappa shape index (κ2) is 14.0. The molecule has 2 heterocycles. The van der Waals surface area contributed by atoms with Crippen LogP contribution in [0.15, 0.2) is 18.0 Å². The zero-order chi connectivity index (χ0) is 38.9. The molecule has 3 N–H and O–H groups in total. The van der Waals surface area contributed by atoms with Crippen molar-refractivity contribution in [3.63, 3.8) is 0 Å². The normalized spacial score (nSPS) is 41.1. The largest absolute Gasteiger partial charge is 0.481 e. The number of carboxylic acids is 1. The van der Waals surface area contributed by atoms with Crippen molar-refractivity contribution in [3.05, 3.63) is 23.8 Å². The summed E-state index contributed by atoms with van der Waals surface area (Å²) in [6.07, 6.45) is 10.2. The third-order valence-corrected chi connectivity index (χ3v) is 17.0. The number of rotatable bonds is 12. The number of carbonyl (C=O) groups excluding carboxylic acids is 1. The Labute approximate surface area is 319 Å². The van der Waals surface area contributed by atoms with E-state index in [-0.39, 0.29) is 51.2 Å². The fourth-order valence-electron chi connectivity index (χ4n) is 13.0. The Morgan fingerprint density at radius 3 is 2.43 bits per heavy atom. The zero-order valence-electron chi connectivity index (χ0n) is 35.0. The van der Waals surface area contributed by atoms with Gasteiger partial charge >= 0.3 is 5.97 Å². The van der Waals surface area contributed by atoms with Crippen molar-refractivity contribution in [1.29, 1.82) is 0 Å². The minimum absolute atomic E-state index is 0.183. The molecule has 5 aliphatic rings. The van der Waals surface area contributed by atoms with Crippen LogP contribution < -0.4 is 10.6 Å². The Morgan fingerprint density at radius 1 is 1.09 bits per heavy atom. The molecule has 0 spiro atoms. The van der Waals surface area contributed by atoms with Gasteiger partial charge in [0.15, 0.2) is 0 Å². The van der Waals surface area contributed by atoms with E-state index in [0.29, 0.717) is 49.3 Å². The van der Waals surface area contributed by atoms with Crippen molar-refractivity contribution in [2.45, 2.75) is 139 Å². The summed E-state index contributed by atoms with van der Waals surface area (Å²) in [5.74, 6) is 0.564. The second-order valence-electron chi connectivity index (χ2n) is 20.0. The van der Waals surface area contributed by atoms with Crippen molar-refractivity contribution < 1.29 is 24.2 Å². The molecule has 10 nitrogen and oxygen atoms in total. The van der Waals surface area contributed by atoms with Crippen LogP contribution in [0.3, 0.4) is 0 Å². The predicted octanol–water partition coefficient (Wildman–Crippen LogP) is 7.57. The number of nitrogens with zero attached hydrogens (tertiary/aromatic N) is 3. The molecule has 53 heavy (non-hydrogen) atoms. The molecule has 3 saturated carbocycles. The maximum atomic E-state index is 13.5. The number of nitrogens with one attached hydrogen (secondary N) is 2. The van der Waals surface area contributed by atoms with Crippen LogP contribution >= 0.6 is 0 Å². The molecule has 1 aromatic heterocycles. The van der Waals surface area contributed by atoms with E-state index in [0.717, 1.165) is 51.5 Å². The molecule has 4 aliphatic carbocycles. The van der Waals surface area contributed by atoms with Gasteiger partial charge in [0.1, 0.15) is 6.33 Å². The van der Waals surface area contributed by atoms with Gasteiger partial charge in [-0.3, -0.25) is 9.59 Å². The highest BCUT2D eigenvalue weighted by molar-refractivity contribution is 5.90. The van der Waals surface area contributed by atoms with E-state index in [2.05, 4.69) is 97.9 Å². The number of fused-ring (bicyclic) bond motifs is 3. The molecule has 0 radical (unpaired) electrons. The van der Waals surface area contributed by atoms with E-state index in [1.165, 1.54) is 11.9 Å². The lowest BCUT2D eigenvalue weighted by Crippen LogP contribution is -2.69. The predicted molar refractivity (Wildman–Crippen MR) is 207 cm³/mol. The average Bonchev–Trinajstić information content (AvgIpc) is 3.59. The highest BCUT2D eigenvalue weighted by Gasteiger charge is 2.72. The SMILES string of the molecule is CCCN[C@@](C)(CO[C@H]1[C@H](n2ncnc2C(=O)NC)C[C@@]23COC[C@]1(C)[C@@H]2CC[C@H]1C3=CC[C@@]2(C)[C@H](C(=O)O)[C@@](C)([C@H](C)C(C)C)CC[C@]12C)C(C)C. The van der Waals surface area contributed by atoms with E-state index in [1.54, 1.807) is 7.05 Å². The molecule has 0 aromatic carbocycles. The summed E-state index contributed by atoms with van der Waals surface area (Å²) in [5, 5.41) is 22.5. The second-order valence-corrected chi connectivity index (χ2v) is 20.0. The summed E-state index contributed by atoms with van der Waals surface area (Å²) in [6, 6.07) is -0.244. The Hall–Kier alpha value is -2.30. The third-order valence-electron chi connectivity index (χ3n) is 17.0. The van der Waals surface area contributed by atoms with E-state index >= 15 is 0 Å². The van der Waals surface area contributed by atoms with Gasteiger partial charge in [0.2, 0.25) is 5.82 Å². The van der Waals surface area contributed by atoms with Gasteiger partial charge in [0.05, 0.1) is 37.9 Å². The maximum absolute atomic E-state index is 13.5. The number of ether oxygens (including phenoxy) is 2. The number of allylic oxidation sites excluding steroid dienone is 1. The van der Waals surface area contributed by atoms with E-state index in [4.69, 9.17) is 14.6 Å². The van der Waals surface area contributed by atoms with Crippen LogP contribution in [0.4, 0.5) is 0 Å². The first-order chi connectivity index (χ1) is 24.8. The standard InChI is InChI=1S/C43H71N5O5/c1-13-20-46-42(11,27(4)5)23-53-34-31(48-35(36(49)44-12)45-25-47-48)21-43-24-52-22-39(34,8)32(43)15-14-29-30(43)16-17-41(10)33(37(50)51)38(7,28(6)26(2)3)18-19-40(29,41)9/h16,25-29,31-34,46H,13-15,17-24H2,1-12H3,(H,44,49)(H,50,51)/t28-,29+,31-,32+,33-,34+,38-,39-,40-,41+,42+,43+/m1/s1. The Morgan fingerprint density at radius 2 is 1.81 bits per heavy atom. The van der Waals surface area contributed by atoms with Gasteiger partial charge in [0.25, 0.3) is 5.91 Å². The fourth-order valence-corrected chi connectivity index (χ4v) is 13.0. The number of aliphatic carboxylic acids is 1. The average molecular weight is 738 g/mol.